The largest absolute Gasteiger partial charge is 0.497 e. The average Bonchev–Trinajstić information content (AvgIpc) is 2.98. The predicted octanol–water partition coefficient (Wildman–Crippen LogP) is 3.83. The van der Waals surface area contributed by atoms with Gasteiger partial charge >= 0.3 is 5.97 Å². The highest BCUT2D eigenvalue weighted by Gasteiger charge is 2.15. The molecule has 3 rings (SSSR count). The van der Waals surface area contributed by atoms with Crippen LogP contribution in [0.1, 0.15) is 11.1 Å². The van der Waals surface area contributed by atoms with Gasteiger partial charge in [0, 0.05) is 24.7 Å². The van der Waals surface area contributed by atoms with E-state index in [9.17, 15) is 9.90 Å². The Morgan fingerprint density at radius 1 is 0.846 bits per heavy atom. The van der Waals surface area contributed by atoms with Crippen molar-refractivity contribution in [2.24, 2.45) is 0 Å². The quantitative estimate of drug-likeness (QED) is 0.130. The molecule has 208 valence electrons. The van der Waals surface area contributed by atoms with Gasteiger partial charge in [-0.1, -0.05) is 24.3 Å². The van der Waals surface area contributed by atoms with Gasteiger partial charge < -0.3 is 38.8 Å². The smallest absolute Gasteiger partial charge is 0.338 e. The van der Waals surface area contributed by atoms with Gasteiger partial charge in [0.1, 0.15) is 36.6 Å². The molecule has 0 aromatic heterocycles. The van der Waals surface area contributed by atoms with Crippen LogP contribution in [-0.4, -0.2) is 71.9 Å². The molecule has 39 heavy (non-hydrogen) atoms. The Morgan fingerprint density at radius 3 is 2.21 bits per heavy atom. The number of hydrogen-bond acceptors (Lipinski definition) is 9. The number of hydrogen-bond donors (Lipinski definition) is 2. The molecule has 1 atom stereocenters. The lowest BCUT2D eigenvalue weighted by Crippen LogP contribution is -2.33. The molecule has 3 aromatic carbocycles. The Hall–Kier alpha value is -4.21. The van der Waals surface area contributed by atoms with E-state index < -0.39 is 12.1 Å². The molecule has 0 aliphatic heterocycles. The zero-order valence-corrected chi connectivity index (χ0v) is 22.6. The summed E-state index contributed by atoms with van der Waals surface area (Å²) in [4.78, 5) is 12.6. The summed E-state index contributed by atoms with van der Waals surface area (Å²) in [6, 6.07) is 19.7. The highest BCUT2D eigenvalue weighted by atomic mass is 16.5. The fraction of sp³-hybridized carbons (Fsp3) is 0.300. The van der Waals surface area contributed by atoms with E-state index in [-0.39, 0.29) is 6.61 Å². The minimum Gasteiger partial charge on any atom is -0.497 e. The maximum absolute atomic E-state index is 12.6. The number of aliphatic hydroxyl groups excluding tert-OH is 1. The highest BCUT2D eigenvalue weighted by molar-refractivity contribution is 6.21. The van der Waals surface area contributed by atoms with Crippen molar-refractivity contribution < 1.29 is 38.3 Å². The first-order valence-corrected chi connectivity index (χ1v) is 12.4. The third kappa shape index (κ3) is 8.66. The standard InChI is InChI=1S/C30H35NO8/c1-34-25-14-11-22(29(18-25)36-3)17-26(30(33)37-4)21-9-12-24(13-10-21)39-20-23(32)19-31-15-16-38-28-8-6-5-7-27(28)35-2/h5-14,17-18,23,31-32H,15-16,19-20H2,1-4H3. The molecule has 1 unspecified atom stereocenters. The molecule has 0 spiro atoms. The van der Waals surface area contributed by atoms with Gasteiger partial charge in [0.05, 0.1) is 34.0 Å². The second-order valence-electron chi connectivity index (χ2n) is 8.35. The number of nitrogens with one attached hydrogen (secondary N) is 1. The summed E-state index contributed by atoms with van der Waals surface area (Å²) < 4.78 is 32.4. The van der Waals surface area contributed by atoms with Crippen LogP contribution in [0.2, 0.25) is 0 Å². The van der Waals surface area contributed by atoms with Crippen LogP contribution >= 0.6 is 0 Å². The molecular formula is C30H35NO8. The van der Waals surface area contributed by atoms with E-state index in [0.29, 0.717) is 65.1 Å². The maximum atomic E-state index is 12.6. The number of aliphatic hydroxyl groups is 1. The fourth-order valence-electron chi connectivity index (χ4n) is 3.69. The number of esters is 1. The number of carbonyl (C=O) groups excluding carboxylic acids is 1. The minimum atomic E-state index is -0.719. The van der Waals surface area contributed by atoms with Gasteiger partial charge in [0.25, 0.3) is 0 Å². The van der Waals surface area contributed by atoms with Gasteiger partial charge in [-0.15, -0.1) is 0 Å². The predicted molar refractivity (Wildman–Crippen MR) is 149 cm³/mol. The number of benzene rings is 3. The Balaban J connectivity index is 1.52. The Labute approximate surface area is 228 Å². The zero-order valence-electron chi connectivity index (χ0n) is 22.6. The van der Waals surface area contributed by atoms with E-state index >= 15 is 0 Å². The summed E-state index contributed by atoms with van der Waals surface area (Å²) in [6.07, 6.45) is 0.983. The second kappa shape index (κ2) is 15.3. The summed E-state index contributed by atoms with van der Waals surface area (Å²) in [5, 5.41) is 13.4. The van der Waals surface area contributed by atoms with Crippen molar-refractivity contribution in [3.05, 3.63) is 77.9 Å². The SMILES string of the molecule is COC(=O)C(=Cc1ccc(OC)cc1OC)c1ccc(OCC(O)CNCCOc2ccccc2OC)cc1. The Morgan fingerprint density at radius 2 is 1.54 bits per heavy atom. The van der Waals surface area contributed by atoms with Crippen molar-refractivity contribution in [3.63, 3.8) is 0 Å². The van der Waals surface area contributed by atoms with Crippen LogP contribution in [0.3, 0.4) is 0 Å². The van der Waals surface area contributed by atoms with Crippen LogP contribution in [0.15, 0.2) is 66.7 Å². The number of rotatable bonds is 15. The first-order chi connectivity index (χ1) is 19.0. The summed E-state index contributed by atoms with van der Waals surface area (Å²) in [6.45, 7) is 1.41. The van der Waals surface area contributed by atoms with Crippen LogP contribution in [0.4, 0.5) is 0 Å². The van der Waals surface area contributed by atoms with E-state index in [0.717, 1.165) is 0 Å². The van der Waals surface area contributed by atoms with Gasteiger partial charge in [-0.2, -0.15) is 0 Å². The molecule has 0 bridgehead atoms. The van der Waals surface area contributed by atoms with E-state index in [1.165, 1.54) is 7.11 Å². The lowest BCUT2D eigenvalue weighted by atomic mass is 10.0. The van der Waals surface area contributed by atoms with Gasteiger partial charge in [0.15, 0.2) is 11.5 Å². The second-order valence-corrected chi connectivity index (χ2v) is 8.35. The minimum absolute atomic E-state index is 0.0997. The monoisotopic (exact) mass is 537 g/mol. The summed E-state index contributed by atoms with van der Waals surface area (Å²) in [7, 11) is 6.05. The molecule has 2 N–H and O–H groups in total. The van der Waals surface area contributed by atoms with Crippen LogP contribution < -0.4 is 29.0 Å². The zero-order chi connectivity index (χ0) is 28.0. The lowest BCUT2D eigenvalue weighted by Gasteiger charge is -2.15. The summed E-state index contributed by atoms with van der Waals surface area (Å²) in [5.74, 6) is 2.61. The third-order valence-electron chi connectivity index (χ3n) is 5.74. The average molecular weight is 538 g/mol. The molecule has 9 heteroatoms. The Bertz CT molecular complexity index is 1230. The molecule has 0 aliphatic rings. The molecule has 0 saturated heterocycles. The number of methoxy groups -OCH3 is 4. The maximum Gasteiger partial charge on any atom is 0.338 e. The highest BCUT2D eigenvalue weighted by Crippen LogP contribution is 2.30. The van der Waals surface area contributed by atoms with Gasteiger partial charge in [-0.05, 0) is 48.0 Å². The molecule has 0 radical (unpaired) electrons. The van der Waals surface area contributed by atoms with Gasteiger partial charge in [-0.25, -0.2) is 4.79 Å². The first kappa shape index (κ1) is 29.3. The van der Waals surface area contributed by atoms with Crippen molar-refractivity contribution >= 4 is 17.6 Å². The van der Waals surface area contributed by atoms with Crippen molar-refractivity contribution in [2.75, 3.05) is 54.7 Å². The van der Waals surface area contributed by atoms with Crippen LogP contribution in [0, 0.1) is 0 Å². The number of carbonyl (C=O) groups is 1. The van der Waals surface area contributed by atoms with Gasteiger partial charge in [-0.3, -0.25) is 0 Å². The number of para-hydroxylation sites is 2. The summed E-state index contributed by atoms with van der Waals surface area (Å²) in [5.41, 5.74) is 1.69. The summed E-state index contributed by atoms with van der Waals surface area (Å²) >= 11 is 0. The van der Waals surface area contributed by atoms with E-state index in [4.69, 9.17) is 28.4 Å². The topological polar surface area (TPSA) is 105 Å². The van der Waals surface area contributed by atoms with E-state index in [1.807, 2.05) is 24.3 Å². The fourth-order valence-corrected chi connectivity index (χ4v) is 3.69. The first-order valence-electron chi connectivity index (χ1n) is 12.4. The van der Waals surface area contributed by atoms with Gasteiger partial charge in [0.2, 0.25) is 0 Å². The van der Waals surface area contributed by atoms with Crippen molar-refractivity contribution in [1.29, 1.82) is 0 Å². The molecule has 0 aliphatic carbocycles. The molecule has 3 aromatic rings. The molecular weight excluding hydrogens is 502 g/mol. The lowest BCUT2D eigenvalue weighted by molar-refractivity contribution is -0.133. The Kier molecular flexibility index (Phi) is 11.5. The van der Waals surface area contributed by atoms with Crippen molar-refractivity contribution in [1.82, 2.24) is 5.32 Å². The van der Waals surface area contributed by atoms with Crippen molar-refractivity contribution in [2.45, 2.75) is 6.10 Å². The molecule has 9 nitrogen and oxygen atoms in total. The normalized spacial score (nSPS) is 11.9. The molecule has 0 fully saturated rings. The molecule has 0 saturated carbocycles. The van der Waals surface area contributed by atoms with E-state index in [2.05, 4.69) is 5.32 Å². The van der Waals surface area contributed by atoms with Crippen LogP contribution in [0.5, 0.6) is 28.7 Å². The molecule has 0 heterocycles. The third-order valence-corrected chi connectivity index (χ3v) is 5.74. The number of ether oxygens (including phenoxy) is 6. The van der Waals surface area contributed by atoms with E-state index in [1.54, 1.807) is 69.9 Å². The van der Waals surface area contributed by atoms with Crippen LogP contribution in [-0.2, 0) is 9.53 Å². The van der Waals surface area contributed by atoms with Crippen molar-refractivity contribution in [3.8, 4) is 28.7 Å². The molecule has 0 amide bonds. The van der Waals surface area contributed by atoms with Crippen LogP contribution in [0.25, 0.3) is 11.6 Å².